The third kappa shape index (κ3) is 3.72. The van der Waals surface area contributed by atoms with Crippen LogP contribution in [0, 0.1) is 0 Å². The van der Waals surface area contributed by atoms with Gasteiger partial charge in [-0.2, -0.15) is 0 Å². The molecule has 0 radical (unpaired) electrons. The molecule has 0 spiro atoms. The van der Waals surface area contributed by atoms with Crippen LogP contribution in [0.5, 0.6) is 0 Å². The standard InChI is InChI=1S/C7H13O5P/c1-6(7(8)10-2)5-13(9,11-3)12-4/h1,5H2,2-4H3. The summed E-state index contributed by atoms with van der Waals surface area (Å²) in [4.78, 5) is 10.9. The number of carbonyl (C=O) groups is 1. The Labute approximate surface area is 77.2 Å². The van der Waals surface area contributed by atoms with E-state index in [1.807, 2.05) is 0 Å². The predicted octanol–water partition coefficient (Wildman–Crippen LogP) is 1.20. The highest BCUT2D eigenvalue weighted by molar-refractivity contribution is 7.54. The fraction of sp³-hybridized carbons (Fsp3) is 0.571. The largest absolute Gasteiger partial charge is 0.466 e. The number of rotatable bonds is 5. The molecule has 0 rings (SSSR count). The minimum atomic E-state index is -3.20. The maximum atomic E-state index is 11.5. The van der Waals surface area contributed by atoms with Crippen LogP contribution in [0.25, 0.3) is 0 Å². The fourth-order valence-electron chi connectivity index (χ4n) is 0.646. The van der Waals surface area contributed by atoms with Crippen LogP contribution in [-0.4, -0.2) is 33.5 Å². The normalized spacial score (nSPS) is 11.0. The molecule has 0 atom stereocenters. The zero-order valence-electron chi connectivity index (χ0n) is 7.90. The third-order valence-corrected chi connectivity index (χ3v) is 3.30. The van der Waals surface area contributed by atoms with Crippen LogP contribution in [0.15, 0.2) is 12.2 Å². The average molecular weight is 208 g/mol. The van der Waals surface area contributed by atoms with Crippen LogP contribution in [0.1, 0.15) is 0 Å². The summed E-state index contributed by atoms with van der Waals surface area (Å²) in [6, 6.07) is 0. The second-order valence-corrected chi connectivity index (χ2v) is 4.50. The van der Waals surface area contributed by atoms with Crippen LogP contribution in [0.2, 0.25) is 0 Å². The molecule has 13 heavy (non-hydrogen) atoms. The first-order valence-electron chi connectivity index (χ1n) is 3.45. The molecule has 0 aromatic rings. The summed E-state index contributed by atoms with van der Waals surface area (Å²) in [5, 5.41) is 0. The van der Waals surface area contributed by atoms with Gasteiger partial charge in [-0.05, 0) is 0 Å². The number of ether oxygens (including phenoxy) is 1. The molecule has 0 unspecified atom stereocenters. The first-order chi connectivity index (χ1) is 5.99. The van der Waals surface area contributed by atoms with Gasteiger partial charge in [0.15, 0.2) is 0 Å². The SMILES string of the molecule is C=C(CP(=O)(OC)OC)C(=O)OC. The second kappa shape index (κ2) is 5.17. The molecule has 5 nitrogen and oxygen atoms in total. The van der Waals surface area contributed by atoms with E-state index in [0.717, 1.165) is 0 Å². The van der Waals surface area contributed by atoms with E-state index < -0.39 is 13.6 Å². The number of esters is 1. The van der Waals surface area contributed by atoms with Gasteiger partial charge >= 0.3 is 13.6 Å². The van der Waals surface area contributed by atoms with Crippen molar-refractivity contribution < 1.29 is 23.1 Å². The van der Waals surface area contributed by atoms with Crippen molar-refractivity contribution >= 4 is 13.6 Å². The molecule has 6 heteroatoms. The number of carbonyl (C=O) groups excluding carboxylic acids is 1. The molecule has 0 heterocycles. The molecule has 0 fully saturated rings. The molecule has 0 aromatic heterocycles. The molecular formula is C7H13O5P. The molecule has 0 N–H and O–H groups in total. The van der Waals surface area contributed by atoms with E-state index >= 15 is 0 Å². The van der Waals surface area contributed by atoms with Gasteiger partial charge in [0, 0.05) is 19.8 Å². The first-order valence-corrected chi connectivity index (χ1v) is 5.18. The average Bonchev–Trinajstić information content (AvgIpc) is 2.16. The van der Waals surface area contributed by atoms with E-state index in [1.54, 1.807) is 0 Å². The van der Waals surface area contributed by atoms with Gasteiger partial charge in [-0.3, -0.25) is 4.57 Å². The van der Waals surface area contributed by atoms with E-state index in [2.05, 4.69) is 20.4 Å². The van der Waals surface area contributed by atoms with Gasteiger partial charge < -0.3 is 13.8 Å². The summed E-state index contributed by atoms with van der Waals surface area (Å²) >= 11 is 0. The summed E-state index contributed by atoms with van der Waals surface area (Å²) in [5.41, 5.74) is 0.0644. The summed E-state index contributed by atoms with van der Waals surface area (Å²) < 4.78 is 25.1. The van der Waals surface area contributed by atoms with Gasteiger partial charge in [-0.25, -0.2) is 4.79 Å². The van der Waals surface area contributed by atoms with Crippen molar-refractivity contribution in [3.8, 4) is 0 Å². The minimum absolute atomic E-state index is 0.0644. The summed E-state index contributed by atoms with van der Waals surface area (Å²) in [7, 11) is 0.505. The molecule has 76 valence electrons. The molecule has 0 bridgehead atoms. The lowest BCUT2D eigenvalue weighted by Gasteiger charge is -2.13. The Morgan fingerprint density at radius 3 is 2.08 bits per heavy atom. The van der Waals surface area contributed by atoms with Crippen molar-refractivity contribution in [2.45, 2.75) is 0 Å². The van der Waals surface area contributed by atoms with E-state index in [1.165, 1.54) is 21.3 Å². The van der Waals surface area contributed by atoms with Crippen LogP contribution < -0.4 is 0 Å². The number of methoxy groups -OCH3 is 1. The minimum Gasteiger partial charge on any atom is -0.466 e. The molecular weight excluding hydrogens is 195 g/mol. The van der Waals surface area contributed by atoms with Crippen LogP contribution in [0.4, 0.5) is 0 Å². The van der Waals surface area contributed by atoms with Gasteiger partial charge in [-0.1, -0.05) is 6.58 Å². The zero-order valence-corrected chi connectivity index (χ0v) is 8.80. The maximum Gasteiger partial charge on any atom is 0.334 e. The first kappa shape index (κ1) is 12.4. The fourth-order valence-corrected chi connectivity index (χ4v) is 1.65. The highest BCUT2D eigenvalue weighted by Gasteiger charge is 2.25. The Bertz CT molecular complexity index is 239. The van der Waals surface area contributed by atoms with Gasteiger partial charge in [-0.15, -0.1) is 0 Å². The van der Waals surface area contributed by atoms with E-state index in [9.17, 15) is 9.36 Å². The molecule has 0 aliphatic rings. The highest BCUT2D eigenvalue weighted by atomic mass is 31.2. The Morgan fingerprint density at radius 1 is 1.31 bits per heavy atom. The van der Waals surface area contributed by atoms with Gasteiger partial charge in [0.1, 0.15) is 0 Å². The van der Waals surface area contributed by atoms with Gasteiger partial charge in [0.05, 0.1) is 13.3 Å². The lowest BCUT2D eigenvalue weighted by Crippen LogP contribution is -2.08. The Balaban J connectivity index is 4.35. The quantitative estimate of drug-likeness (QED) is 0.386. The molecule has 0 saturated carbocycles. The van der Waals surface area contributed by atoms with Crippen molar-refractivity contribution in [3.05, 3.63) is 12.2 Å². The third-order valence-electron chi connectivity index (χ3n) is 1.41. The van der Waals surface area contributed by atoms with E-state index in [-0.39, 0.29) is 11.7 Å². The maximum absolute atomic E-state index is 11.5. The summed E-state index contributed by atoms with van der Waals surface area (Å²) in [6.07, 6.45) is -0.160. The predicted molar refractivity (Wildman–Crippen MR) is 47.6 cm³/mol. The lowest BCUT2D eigenvalue weighted by molar-refractivity contribution is -0.136. The van der Waals surface area contributed by atoms with Crippen molar-refractivity contribution in [2.24, 2.45) is 0 Å². The van der Waals surface area contributed by atoms with Crippen LogP contribution in [0.3, 0.4) is 0 Å². The number of hydrogen-bond donors (Lipinski definition) is 0. The van der Waals surface area contributed by atoms with E-state index in [0.29, 0.717) is 0 Å². The van der Waals surface area contributed by atoms with Crippen LogP contribution in [-0.2, 0) is 23.1 Å². The summed E-state index contributed by atoms with van der Waals surface area (Å²) in [5.74, 6) is -0.616. The van der Waals surface area contributed by atoms with Gasteiger partial charge in [0.25, 0.3) is 0 Å². The van der Waals surface area contributed by atoms with Crippen molar-refractivity contribution in [2.75, 3.05) is 27.5 Å². The highest BCUT2D eigenvalue weighted by Crippen LogP contribution is 2.47. The zero-order chi connectivity index (χ0) is 10.5. The van der Waals surface area contributed by atoms with Crippen molar-refractivity contribution in [3.63, 3.8) is 0 Å². The van der Waals surface area contributed by atoms with E-state index in [4.69, 9.17) is 0 Å². The molecule has 0 aliphatic heterocycles. The smallest absolute Gasteiger partial charge is 0.334 e. The van der Waals surface area contributed by atoms with Crippen molar-refractivity contribution in [1.82, 2.24) is 0 Å². The summed E-state index contributed by atoms with van der Waals surface area (Å²) in [6.45, 7) is 3.40. The van der Waals surface area contributed by atoms with Crippen LogP contribution >= 0.6 is 7.60 Å². The topological polar surface area (TPSA) is 61.8 Å². The lowest BCUT2D eigenvalue weighted by atomic mass is 10.4. The van der Waals surface area contributed by atoms with Crippen molar-refractivity contribution in [1.29, 1.82) is 0 Å². The second-order valence-electron chi connectivity index (χ2n) is 2.23. The molecule has 0 aliphatic carbocycles. The number of hydrogen-bond acceptors (Lipinski definition) is 5. The molecule has 0 aromatic carbocycles. The Kier molecular flexibility index (Phi) is 4.91. The Morgan fingerprint density at radius 2 is 1.77 bits per heavy atom. The monoisotopic (exact) mass is 208 g/mol. The van der Waals surface area contributed by atoms with Gasteiger partial charge in [0.2, 0.25) is 0 Å². The Hall–Kier alpha value is -0.640. The molecule has 0 amide bonds. The molecule has 0 saturated heterocycles.